The summed E-state index contributed by atoms with van der Waals surface area (Å²) in [4.78, 5) is 4.85. The summed E-state index contributed by atoms with van der Waals surface area (Å²) in [5, 5.41) is 4.38. The summed E-state index contributed by atoms with van der Waals surface area (Å²) in [5.41, 5.74) is 2.80. The molecular formula is C18H27N5O2S. The monoisotopic (exact) mass is 377 g/mol. The maximum Gasteiger partial charge on any atom is 0.281 e. The Balaban J connectivity index is 1.87. The molecule has 0 unspecified atom stereocenters. The molecule has 0 amide bonds. The van der Waals surface area contributed by atoms with Crippen molar-refractivity contribution in [2.24, 2.45) is 0 Å². The van der Waals surface area contributed by atoms with Crippen molar-refractivity contribution in [1.82, 2.24) is 23.4 Å². The Labute approximate surface area is 155 Å². The summed E-state index contributed by atoms with van der Waals surface area (Å²) < 4.78 is 29.7. The van der Waals surface area contributed by atoms with Gasteiger partial charge >= 0.3 is 0 Å². The molecule has 0 bridgehead atoms. The molecule has 0 aliphatic carbocycles. The molecule has 0 saturated carbocycles. The van der Waals surface area contributed by atoms with Crippen LogP contribution in [-0.4, -0.2) is 59.0 Å². The second-order valence-corrected chi connectivity index (χ2v) is 9.33. The van der Waals surface area contributed by atoms with Gasteiger partial charge in [-0.1, -0.05) is 6.07 Å². The third-order valence-electron chi connectivity index (χ3n) is 4.78. The zero-order chi connectivity index (χ0) is 18.9. The molecule has 1 atom stereocenters. The van der Waals surface area contributed by atoms with Gasteiger partial charge in [0.05, 0.1) is 11.4 Å². The van der Waals surface area contributed by atoms with Crippen LogP contribution in [0.15, 0.2) is 30.5 Å². The molecule has 0 radical (unpaired) electrons. The van der Waals surface area contributed by atoms with Gasteiger partial charge in [0.15, 0.2) is 0 Å². The fourth-order valence-electron chi connectivity index (χ4n) is 3.37. The van der Waals surface area contributed by atoms with E-state index in [0.29, 0.717) is 13.1 Å². The van der Waals surface area contributed by atoms with E-state index in [0.717, 1.165) is 29.9 Å². The Bertz CT molecular complexity index is 860. The molecule has 1 aliphatic heterocycles. The van der Waals surface area contributed by atoms with Crippen molar-refractivity contribution >= 4 is 10.2 Å². The van der Waals surface area contributed by atoms with E-state index in [4.69, 9.17) is 4.98 Å². The minimum Gasteiger partial charge on any atom is -0.261 e. The molecule has 7 nitrogen and oxygen atoms in total. The Hall–Kier alpha value is -1.77. The molecule has 0 spiro atoms. The van der Waals surface area contributed by atoms with Crippen molar-refractivity contribution in [3.63, 3.8) is 0 Å². The third-order valence-corrected chi connectivity index (χ3v) is 6.69. The standard InChI is InChI=1S/C18H27N5O2S/c1-14(2)23-18(10-11-19-23)17-9-5-8-16(20-17)15-7-6-12-22(13-15)26(24,25)21(3)4/h5,8-11,14-15H,6-7,12-13H2,1-4H3/t15-/m1/s1. The number of nitrogens with zero attached hydrogens (tertiary/aromatic N) is 5. The van der Waals surface area contributed by atoms with Gasteiger partial charge in [-0.3, -0.25) is 9.67 Å². The van der Waals surface area contributed by atoms with E-state index < -0.39 is 10.2 Å². The van der Waals surface area contributed by atoms with Gasteiger partial charge in [-0.05, 0) is 44.9 Å². The maximum absolute atomic E-state index is 12.5. The zero-order valence-electron chi connectivity index (χ0n) is 15.8. The van der Waals surface area contributed by atoms with Crippen molar-refractivity contribution in [1.29, 1.82) is 0 Å². The summed E-state index contributed by atoms with van der Waals surface area (Å²) in [6, 6.07) is 8.19. The van der Waals surface area contributed by atoms with Crippen LogP contribution in [0.3, 0.4) is 0 Å². The van der Waals surface area contributed by atoms with Crippen LogP contribution in [0.5, 0.6) is 0 Å². The van der Waals surface area contributed by atoms with Gasteiger partial charge in [-0.2, -0.15) is 22.1 Å². The van der Waals surface area contributed by atoms with Crippen LogP contribution in [0.25, 0.3) is 11.4 Å². The topological polar surface area (TPSA) is 71.3 Å². The minimum absolute atomic E-state index is 0.105. The van der Waals surface area contributed by atoms with E-state index >= 15 is 0 Å². The van der Waals surface area contributed by atoms with Gasteiger partial charge in [-0.15, -0.1) is 0 Å². The molecule has 2 aromatic rings. The highest BCUT2D eigenvalue weighted by atomic mass is 32.2. The largest absolute Gasteiger partial charge is 0.281 e. The maximum atomic E-state index is 12.5. The molecule has 142 valence electrons. The normalized spacial score (nSPS) is 19.4. The molecule has 1 aliphatic rings. The molecule has 3 heterocycles. The van der Waals surface area contributed by atoms with Gasteiger partial charge in [0.2, 0.25) is 0 Å². The first-order valence-corrected chi connectivity index (χ1v) is 10.4. The predicted molar refractivity (Wildman–Crippen MR) is 102 cm³/mol. The van der Waals surface area contributed by atoms with Crippen molar-refractivity contribution in [2.75, 3.05) is 27.2 Å². The lowest BCUT2D eigenvalue weighted by atomic mass is 9.95. The third kappa shape index (κ3) is 3.67. The Morgan fingerprint density at radius 3 is 2.69 bits per heavy atom. The average molecular weight is 378 g/mol. The summed E-state index contributed by atoms with van der Waals surface area (Å²) in [6.07, 6.45) is 3.57. The quantitative estimate of drug-likeness (QED) is 0.803. The molecule has 2 aromatic heterocycles. The van der Waals surface area contributed by atoms with Crippen LogP contribution in [-0.2, 0) is 10.2 Å². The number of rotatable bonds is 5. The van der Waals surface area contributed by atoms with Crippen molar-refractivity contribution in [3.8, 4) is 11.4 Å². The van der Waals surface area contributed by atoms with E-state index in [1.54, 1.807) is 24.6 Å². The molecule has 3 rings (SSSR count). The fourth-order valence-corrected chi connectivity index (χ4v) is 4.56. The highest BCUT2D eigenvalue weighted by Gasteiger charge is 2.31. The van der Waals surface area contributed by atoms with Crippen LogP contribution in [0, 0.1) is 0 Å². The van der Waals surface area contributed by atoms with E-state index in [9.17, 15) is 8.42 Å². The number of piperidine rings is 1. The van der Waals surface area contributed by atoms with E-state index in [2.05, 4.69) is 18.9 Å². The fraction of sp³-hybridized carbons (Fsp3) is 0.556. The lowest BCUT2D eigenvalue weighted by molar-refractivity contribution is 0.296. The van der Waals surface area contributed by atoms with Crippen LogP contribution < -0.4 is 0 Å². The molecule has 8 heteroatoms. The second kappa shape index (κ2) is 7.46. The van der Waals surface area contributed by atoms with E-state index in [-0.39, 0.29) is 12.0 Å². The minimum atomic E-state index is -3.39. The van der Waals surface area contributed by atoms with Crippen LogP contribution in [0.2, 0.25) is 0 Å². The van der Waals surface area contributed by atoms with Gasteiger partial charge in [0.1, 0.15) is 0 Å². The highest BCUT2D eigenvalue weighted by molar-refractivity contribution is 7.86. The molecular weight excluding hydrogens is 350 g/mol. The first-order valence-electron chi connectivity index (χ1n) is 8.99. The van der Waals surface area contributed by atoms with E-state index in [1.165, 1.54) is 4.31 Å². The average Bonchev–Trinajstić information content (AvgIpc) is 3.12. The summed E-state index contributed by atoms with van der Waals surface area (Å²) in [5.74, 6) is 0.105. The van der Waals surface area contributed by atoms with Gasteiger partial charge in [-0.25, -0.2) is 0 Å². The van der Waals surface area contributed by atoms with Crippen molar-refractivity contribution < 1.29 is 8.42 Å². The van der Waals surface area contributed by atoms with Gasteiger partial charge in [0, 0.05) is 51.0 Å². The van der Waals surface area contributed by atoms with Crippen molar-refractivity contribution in [2.45, 2.75) is 38.6 Å². The van der Waals surface area contributed by atoms with Crippen molar-refractivity contribution in [3.05, 3.63) is 36.2 Å². The molecule has 1 saturated heterocycles. The Kier molecular flexibility index (Phi) is 5.45. The molecule has 0 aromatic carbocycles. The lowest BCUT2D eigenvalue weighted by Crippen LogP contribution is -2.45. The Morgan fingerprint density at radius 2 is 2.00 bits per heavy atom. The number of pyridine rings is 1. The summed E-state index contributed by atoms with van der Waals surface area (Å²) in [6.45, 7) is 5.22. The van der Waals surface area contributed by atoms with E-state index in [1.807, 2.05) is 28.9 Å². The Morgan fingerprint density at radius 1 is 1.23 bits per heavy atom. The lowest BCUT2D eigenvalue weighted by Gasteiger charge is -2.33. The SMILES string of the molecule is CC(C)n1nccc1-c1cccc([C@@H]2CCCN(S(=O)(=O)N(C)C)C2)n1. The first kappa shape index (κ1) is 19.0. The van der Waals surface area contributed by atoms with Crippen LogP contribution in [0.1, 0.15) is 44.3 Å². The number of hydrogen-bond acceptors (Lipinski definition) is 4. The smallest absolute Gasteiger partial charge is 0.261 e. The second-order valence-electron chi connectivity index (χ2n) is 7.19. The molecule has 0 N–H and O–H groups in total. The van der Waals surface area contributed by atoms with Gasteiger partial charge in [0.25, 0.3) is 10.2 Å². The molecule has 26 heavy (non-hydrogen) atoms. The predicted octanol–water partition coefficient (Wildman–Crippen LogP) is 2.51. The molecule has 1 fully saturated rings. The first-order chi connectivity index (χ1) is 12.3. The summed E-state index contributed by atoms with van der Waals surface area (Å²) in [7, 11) is -0.239. The van der Waals surface area contributed by atoms with Gasteiger partial charge < -0.3 is 0 Å². The zero-order valence-corrected chi connectivity index (χ0v) is 16.6. The van der Waals surface area contributed by atoms with Crippen LogP contribution in [0.4, 0.5) is 0 Å². The number of aromatic nitrogens is 3. The highest BCUT2D eigenvalue weighted by Crippen LogP contribution is 2.29. The summed E-state index contributed by atoms with van der Waals surface area (Å²) >= 11 is 0. The van der Waals surface area contributed by atoms with Crippen LogP contribution >= 0.6 is 0 Å². The number of hydrogen-bond donors (Lipinski definition) is 0.